The van der Waals surface area contributed by atoms with Crippen molar-refractivity contribution in [2.24, 2.45) is 0 Å². The molecule has 0 fully saturated rings. The van der Waals surface area contributed by atoms with Gasteiger partial charge in [-0.1, -0.05) is 26.2 Å². The van der Waals surface area contributed by atoms with E-state index in [1.54, 1.807) is 35.9 Å². The van der Waals surface area contributed by atoms with Crippen molar-refractivity contribution < 1.29 is 9.53 Å². The van der Waals surface area contributed by atoms with E-state index >= 15 is 0 Å². The Labute approximate surface area is 228 Å². The fraction of sp³-hybridized carbons (Fsp3) is 0.241. The number of thiazole rings is 1. The van der Waals surface area contributed by atoms with Crippen molar-refractivity contribution in [2.45, 2.75) is 46.0 Å². The SMILES string of the molecule is CCCCCCc1cc(C)sc1-c1cc(-c2ccnc(-c3cc(OC=O)cc(-c4nccs4)n3)c2)cs1. The lowest BCUT2D eigenvalue weighted by atomic mass is 10.0. The molecule has 0 aliphatic carbocycles. The van der Waals surface area contributed by atoms with Crippen LogP contribution in [0.2, 0.25) is 0 Å². The van der Waals surface area contributed by atoms with Crippen molar-refractivity contribution in [3.63, 3.8) is 0 Å². The molecule has 0 N–H and O–H groups in total. The summed E-state index contributed by atoms with van der Waals surface area (Å²) in [5, 5.41) is 4.86. The Morgan fingerprint density at radius 1 is 0.919 bits per heavy atom. The van der Waals surface area contributed by atoms with Crippen LogP contribution in [0.4, 0.5) is 0 Å². The maximum absolute atomic E-state index is 11.0. The van der Waals surface area contributed by atoms with Crippen LogP contribution >= 0.6 is 34.0 Å². The summed E-state index contributed by atoms with van der Waals surface area (Å²) in [5.74, 6) is 0.412. The normalized spacial score (nSPS) is 11.1. The molecule has 0 saturated carbocycles. The van der Waals surface area contributed by atoms with Gasteiger partial charge in [-0.15, -0.1) is 34.0 Å². The van der Waals surface area contributed by atoms with Crippen LogP contribution in [0.5, 0.6) is 5.75 Å². The van der Waals surface area contributed by atoms with Gasteiger partial charge in [0.2, 0.25) is 0 Å². The number of carbonyl (C=O) groups is 1. The van der Waals surface area contributed by atoms with Crippen LogP contribution in [0, 0.1) is 6.92 Å². The molecular weight excluding hydrogens is 519 g/mol. The predicted molar refractivity (Wildman–Crippen MR) is 154 cm³/mol. The highest BCUT2D eigenvalue weighted by atomic mass is 32.1. The lowest BCUT2D eigenvalue weighted by Crippen LogP contribution is -1.95. The van der Waals surface area contributed by atoms with Crippen LogP contribution in [-0.2, 0) is 11.2 Å². The Balaban J connectivity index is 1.44. The van der Waals surface area contributed by atoms with Crippen molar-refractivity contribution >= 4 is 40.5 Å². The van der Waals surface area contributed by atoms with Crippen LogP contribution < -0.4 is 4.74 Å². The molecule has 0 saturated heterocycles. The van der Waals surface area contributed by atoms with E-state index in [1.165, 1.54) is 57.2 Å². The number of rotatable bonds is 11. The zero-order chi connectivity index (χ0) is 25.6. The first-order chi connectivity index (χ1) is 18.1. The van der Waals surface area contributed by atoms with Crippen LogP contribution in [0.15, 0.2) is 59.6 Å². The van der Waals surface area contributed by atoms with Crippen LogP contribution in [-0.4, -0.2) is 21.4 Å². The molecule has 0 aliphatic heterocycles. The molecule has 0 unspecified atom stereocenters. The van der Waals surface area contributed by atoms with E-state index in [4.69, 9.17) is 9.72 Å². The standard InChI is InChI=1S/C29H27N3O2S3/c1-3-4-5-6-7-21-12-19(2)37-28(21)27-14-22(17-36-27)20-8-9-30-24(13-20)25-15-23(34-18-33)16-26(32-25)29-31-10-11-35-29/h8-18H,3-7H2,1-2H3. The largest absolute Gasteiger partial charge is 0.429 e. The molecule has 5 heterocycles. The van der Waals surface area contributed by atoms with Gasteiger partial charge in [0, 0.05) is 44.5 Å². The smallest absolute Gasteiger partial charge is 0.298 e. The Morgan fingerprint density at radius 3 is 2.62 bits per heavy atom. The Hall–Kier alpha value is -3.20. The summed E-state index contributed by atoms with van der Waals surface area (Å²) >= 11 is 5.16. The van der Waals surface area contributed by atoms with Gasteiger partial charge in [0.25, 0.3) is 6.47 Å². The van der Waals surface area contributed by atoms with Gasteiger partial charge in [-0.2, -0.15) is 0 Å². The van der Waals surface area contributed by atoms with E-state index in [9.17, 15) is 4.79 Å². The highest BCUT2D eigenvalue weighted by Crippen LogP contribution is 2.40. The second kappa shape index (κ2) is 11.9. The maximum Gasteiger partial charge on any atom is 0.298 e. The highest BCUT2D eigenvalue weighted by Gasteiger charge is 2.15. The number of hydrogen-bond acceptors (Lipinski definition) is 8. The number of hydrogen-bond donors (Lipinski definition) is 0. The summed E-state index contributed by atoms with van der Waals surface area (Å²) in [5.41, 5.74) is 5.69. The monoisotopic (exact) mass is 545 g/mol. The first kappa shape index (κ1) is 25.4. The summed E-state index contributed by atoms with van der Waals surface area (Å²) in [6.07, 6.45) is 9.76. The number of nitrogens with zero attached hydrogens (tertiary/aromatic N) is 3. The Kier molecular flexibility index (Phi) is 8.18. The van der Waals surface area contributed by atoms with Crippen molar-refractivity contribution in [3.8, 4) is 48.7 Å². The number of ether oxygens (including phenoxy) is 1. The van der Waals surface area contributed by atoms with Gasteiger partial charge in [0.15, 0.2) is 0 Å². The second-order valence-corrected chi connectivity index (χ2v) is 11.8. The van der Waals surface area contributed by atoms with Gasteiger partial charge in [-0.25, -0.2) is 9.97 Å². The molecule has 188 valence electrons. The Morgan fingerprint density at radius 2 is 1.81 bits per heavy atom. The van der Waals surface area contributed by atoms with Crippen molar-refractivity contribution in [3.05, 3.63) is 70.0 Å². The third-order valence-corrected chi connectivity index (χ3v) is 9.04. The molecule has 0 amide bonds. The molecule has 0 aromatic carbocycles. The molecule has 5 nitrogen and oxygen atoms in total. The van der Waals surface area contributed by atoms with Gasteiger partial charge in [-0.05, 0) is 66.1 Å². The first-order valence-corrected chi connectivity index (χ1v) is 14.9. The molecule has 0 bridgehead atoms. The molecule has 0 aliphatic rings. The van der Waals surface area contributed by atoms with E-state index in [1.807, 2.05) is 28.8 Å². The lowest BCUT2D eigenvalue weighted by molar-refractivity contribution is -0.120. The number of pyridine rings is 2. The zero-order valence-electron chi connectivity index (χ0n) is 20.8. The van der Waals surface area contributed by atoms with Gasteiger partial charge in [-0.3, -0.25) is 9.78 Å². The molecule has 5 rings (SSSR count). The molecule has 37 heavy (non-hydrogen) atoms. The summed E-state index contributed by atoms with van der Waals surface area (Å²) in [6.45, 7) is 4.87. The molecule has 5 aromatic heterocycles. The van der Waals surface area contributed by atoms with Crippen LogP contribution in [0.3, 0.4) is 0 Å². The second-order valence-electron chi connectivity index (χ2n) is 8.78. The average molecular weight is 546 g/mol. The number of carbonyl (C=O) groups excluding carboxylic acids is 1. The van der Waals surface area contributed by atoms with Crippen LogP contribution in [0.1, 0.15) is 43.0 Å². The fourth-order valence-electron chi connectivity index (χ4n) is 4.28. The zero-order valence-corrected chi connectivity index (χ0v) is 23.2. The van der Waals surface area contributed by atoms with Crippen molar-refractivity contribution in [2.75, 3.05) is 0 Å². The summed E-state index contributed by atoms with van der Waals surface area (Å²) in [7, 11) is 0. The number of thiophene rings is 2. The number of aryl methyl sites for hydroxylation is 2. The minimum atomic E-state index is 0.412. The van der Waals surface area contributed by atoms with Gasteiger partial charge in [0.1, 0.15) is 16.5 Å². The molecular formula is C29H27N3O2S3. The Bertz CT molecular complexity index is 1490. The van der Waals surface area contributed by atoms with Gasteiger partial charge >= 0.3 is 0 Å². The average Bonchev–Trinajstić information content (AvgIpc) is 3.68. The van der Waals surface area contributed by atoms with E-state index in [2.05, 4.69) is 41.3 Å². The van der Waals surface area contributed by atoms with E-state index in [0.717, 1.165) is 22.6 Å². The van der Waals surface area contributed by atoms with E-state index < -0.39 is 0 Å². The molecule has 8 heteroatoms. The lowest BCUT2D eigenvalue weighted by Gasteiger charge is -2.07. The summed E-state index contributed by atoms with van der Waals surface area (Å²) in [4.78, 5) is 28.8. The molecule has 5 aromatic rings. The van der Waals surface area contributed by atoms with Crippen molar-refractivity contribution in [1.82, 2.24) is 15.0 Å². The van der Waals surface area contributed by atoms with E-state index in [-0.39, 0.29) is 0 Å². The van der Waals surface area contributed by atoms with Gasteiger partial charge < -0.3 is 4.74 Å². The topological polar surface area (TPSA) is 65.0 Å². The summed E-state index contributed by atoms with van der Waals surface area (Å²) < 4.78 is 5.16. The predicted octanol–water partition coefficient (Wildman–Crippen LogP) is 8.69. The number of unbranched alkanes of at least 4 members (excludes halogenated alkanes) is 3. The number of aromatic nitrogens is 3. The minimum absolute atomic E-state index is 0.412. The fourth-order valence-corrected chi connectivity index (χ4v) is 7.01. The first-order valence-electron chi connectivity index (χ1n) is 12.3. The third kappa shape index (κ3) is 6.04. The maximum atomic E-state index is 11.0. The third-order valence-electron chi connectivity index (χ3n) is 6.05. The van der Waals surface area contributed by atoms with E-state index in [0.29, 0.717) is 29.3 Å². The summed E-state index contributed by atoms with van der Waals surface area (Å²) in [6, 6.07) is 12.1. The van der Waals surface area contributed by atoms with Crippen molar-refractivity contribution in [1.29, 1.82) is 0 Å². The minimum Gasteiger partial charge on any atom is -0.429 e. The quantitative estimate of drug-likeness (QED) is 0.123. The van der Waals surface area contributed by atoms with Crippen LogP contribution in [0.25, 0.3) is 43.0 Å². The molecule has 0 radical (unpaired) electrons. The molecule has 0 spiro atoms. The highest BCUT2D eigenvalue weighted by molar-refractivity contribution is 7.21. The van der Waals surface area contributed by atoms with Gasteiger partial charge in [0.05, 0.1) is 11.4 Å². The molecule has 0 atom stereocenters.